The molecule has 0 unspecified atom stereocenters. The van der Waals surface area contributed by atoms with Crippen LogP contribution in [0.2, 0.25) is 0 Å². The van der Waals surface area contributed by atoms with Crippen molar-refractivity contribution in [2.45, 2.75) is 6.18 Å². The SMILES string of the molecule is COc1cc(/C=C(\C(=O)C(F)(F)F)c2nc3ccccc3[nH]2)cc(OC)c1. The van der Waals surface area contributed by atoms with Crippen LogP contribution in [0.15, 0.2) is 42.5 Å². The third-order valence-corrected chi connectivity index (χ3v) is 3.83. The number of hydrogen-bond donors (Lipinski definition) is 1. The number of carbonyl (C=O) groups is 1. The maximum absolute atomic E-state index is 13.2. The Morgan fingerprint density at radius 1 is 1.07 bits per heavy atom. The van der Waals surface area contributed by atoms with Gasteiger partial charge < -0.3 is 14.5 Å². The highest BCUT2D eigenvalue weighted by atomic mass is 19.4. The fourth-order valence-corrected chi connectivity index (χ4v) is 2.55. The number of ketones is 1. The lowest BCUT2D eigenvalue weighted by molar-refractivity contribution is -0.164. The van der Waals surface area contributed by atoms with Crippen LogP contribution >= 0.6 is 0 Å². The number of imidazole rings is 1. The lowest BCUT2D eigenvalue weighted by Crippen LogP contribution is -2.24. The number of allylic oxidation sites excluding steroid dienone is 1. The van der Waals surface area contributed by atoms with E-state index in [2.05, 4.69) is 9.97 Å². The number of rotatable bonds is 5. The number of nitrogens with one attached hydrogen (secondary N) is 1. The smallest absolute Gasteiger partial charge is 0.455 e. The number of methoxy groups -OCH3 is 2. The summed E-state index contributed by atoms with van der Waals surface area (Å²) in [6, 6.07) is 11.3. The molecule has 27 heavy (non-hydrogen) atoms. The van der Waals surface area contributed by atoms with Crippen molar-refractivity contribution in [1.29, 1.82) is 0 Å². The monoisotopic (exact) mass is 376 g/mol. The van der Waals surface area contributed by atoms with E-state index in [1.54, 1.807) is 30.3 Å². The van der Waals surface area contributed by atoms with Gasteiger partial charge in [-0.25, -0.2) is 4.98 Å². The van der Waals surface area contributed by atoms with Crippen molar-refractivity contribution in [1.82, 2.24) is 9.97 Å². The molecule has 0 amide bonds. The first-order chi connectivity index (χ1) is 12.8. The molecule has 2 aromatic carbocycles. The van der Waals surface area contributed by atoms with E-state index >= 15 is 0 Å². The summed E-state index contributed by atoms with van der Waals surface area (Å²) in [5.41, 5.74) is 0.682. The Bertz CT molecular complexity index is 967. The predicted molar refractivity (Wildman–Crippen MR) is 94.6 cm³/mol. The molecule has 1 heterocycles. The molecule has 0 saturated heterocycles. The molecule has 0 aliphatic heterocycles. The topological polar surface area (TPSA) is 64.2 Å². The van der Waals surface area contributed by atoms with Gasteiger partial charge in [0.1, 0.15) is 17.3 Å². The van der Waals surface area contributed by atoms with E-state index in [-0.39, 0.29) is 5.82 Å². The third-order valence-electron chi connectivity index (χ3n) is 3.83. The first kappa shape index (κ1) is 18.5. The van der Waals surface area contributed by atoms with Gasteiger partial charge in [0.05, 0.1) is 30.8 Å². The second kappa shape index (κ2) is 7.14. The molecule has 5 nitrogen and oxygen atoms in total. The summed E-state index contributed by atoms with van der Waals surface area (Å²) in [7, 11) is 2.84. The van der Waals surface area contributed by atoms with Crippen LogP contribution in [0.1, 0.15) is 11.4 Å². The zero-order valence-corrected chi connectivity index (χ0v) is 14.4. The minimum atomic E-state index is -5.05. The zero-order chi connectivity index (χ0) is 19.6. The summed E-state index contributed by atoms with van der Waals surface area (Å²) in [4.78, 5) is 18.9. The molecule has 3 rings (SSSR count). The van der Waals surface area contributed by atoms with Gasteiger partial charge in [-0.2, -0.15) is 13.2 Å². The van der Waals surface area contributed by atoms with E-state index in [9.17, 15) is 18.0 Å². The number of ether oxygens (including phenoxy) is 2. The van der Waals surface area contributed by atoms with Crippen molar-refractivity contribution < 1.29 is 27.4 Å². The quantitative estimate of drug-likeness (QED) is 0.676. The summed E-state index contributed by atoms with van der Waals surface area (Å²) in [6.45, 7) is 0. The van der Waals surface area contributed by atoms with Gasteiger partial charge in [-0.15, -0.1) is 0 Å². The number of fused-ring (bicyclic) bond motifs is 1. The van der Waals surface area contributed by atoms with Crippen LogP contribution in [0.3, 0.4) is 0 Å². The van der Waals surface area contributed by atoms with Gasteiger partial charge >= 0.3 is 6.18 Å². The van der Waals surface area contributed by atoms with Crippen LogP contribution in [-0.2, 0) is 4.79 Å². The van der Waals surface area contributed by atoms with Gasteiger partial charge in [-0.1, -0.05) is 12.1 Å². The summed E-state index contributed by atoms with van der Waals surface area (Å²) in [5, 5.41) is 0. The van der Waals surface area contributed by atoms with Crippen molar-refractivity contribution in [3.05, 3.63) is 53.9 Å². The standard InChI is InChI=1S/C19H15F3N2O3/c1-26-12-7-11(8-13(10-12)27-2)9-14(17(25)19(20,21)22)18-23-15-5-3-4-6-16(15)24-18/h3-10H,1-2H3,(H,23,24)/b14-9+. The lowest BCUT2D eigenvalue weighted by atomic mass is 10.1. The summed E-state index contributed by atoms with van der Waals surface area (Å²) < 4.78 is 49.7. The molecular formula is C19H15F3N2O3. The Morgan fingerprint density at radius 2 is 1.70 bits per heavy atom. The number of aromatic amines is 1. The van der Waals surface area contributed by atoms with Crippen molar-refractivity contribution in [3.8, 4) is 11.5 Å². The maximum Gasteiger partial charge on any atom is 0.455 e. The molecule has 0 spiro atoms. The van der Waals surface area contributed by atoms with Gasteiger partial charge in [0.25, 0.3) is 5.78 Å². The number of halogens is 3. The predicted octanol–water partition coefficient (Wildman–Crippen LogP) is 4.25. The van der Waals surface area contributed by atoms with E-state index < -0.39 is 17.5 Å². The number of H-pyrrole nitrogens is 1. The molecule has 0 fully saturated rings. The number of hydrogen-bond acceptors (Lipinski definition) is 4. The zero-order valence-electron chi connectivity index (χ0n) is 14.4. The second-order valence-corrected chi connectivity index (χ2v) is 5.63. The van der Waals surface area contributed by atoms with Gasteiger partial charge in [0, 0.05) is 6.07 Å². The average molecular weight is 376 g/mol. The fourth-order valence-electron chi connectivity index (χ4n) is 2.55. The Morgan fingerprint density at radius 3 is 2.26 bits per heavy atom. The number of Topliss-reactive ketones (excluding diaryl/α,β-unsaturated/α-hetero) is 1. The van der Waals surface area contributed by atoms with E-state index in [4.69, 9.17) is 9.47 Å². The molecule has 0 aliphatic rings. The van der Waals surface area contributed by atoms with Gasteiger partial charge in [0.15, 0.2) is 0 Å². The van der Waals surface area contributed by atoms with Gasteiger partial charge in [-0.3, -0.25) is 4.79 Å². The second-order valence-electron chi connectivity index (χ2n) is 5.63. The maximum atomic E-state index is 13.2. The molecule has 1 N–H and O–H groups in total. The molecule has 0 aliphatic carbocycles. The van der Waals surface area contributed by atoms with E-state index in [0.717, 1.165) is 6.08 Å². The number of para-hydroxylation sites is 2. The van der Waals surface area contributed by atoms with Gasteiger partial charge in [0.2, 0.25) is 0 Å². The van der Waals surface area contributed by atoms with E-state index in [1.807, 2.05) is 0 Å². The Labute approximate surface area is 152 Å². The van der Waals surface area contributed by atoms with E-state index in [0.29, 0.717) is 28.1 Å². The van der Waals surface area contributed by atoms with Crippen LogP contribution in [0.25, 0.3) is 22.7 Å². The Kier molecular flexibility index (Phi) is 4.89. The molecule has 140 valence electrons. The average Bonchev–Trinajstić information content (AvgIpc) is 3.08. The normalized spacial score (nSPS) is 12.3. The number of aromatic nitrogens is 2. The Hall–Kier alpha value is -3.29. The van der Waals surface area contributed by atoms with Crippen molar-refractivity contribution in [2.24, 2.45) is 0 Å². The number of carbonyl (C=O) groups excluding carboxylic acids is 1. The van der Waals surface area contributed by atoms with E-state index in [1.165, 1.54) is 26.4 Å². The molecule has 0 bridgehead atoms. The molecular weight excluding hydrogens is 361 g/mol. The first-order valence-electron chi connectivity index (χ1n) is 7.83. The molecule has 0 saturated carbocycles. The van der Waals surface area contributed by atoms with Crippen LogP contribution in [0, 0.1) is 0 Å². The van der Waals surface area contributed by atoms with Gasteiger partial charge in [-0.05, 0) is 35.9 Å². The minimum Gasteiger partial charge on any atom is -0.497 e. The largest absolute Gasteiger partial charge is 0.497 e. The van der Waals surface area contributed by atoms with Crippen molar-refractivity contribution >= 4 is 28.5 Å². The first-order valence-corrected chi connectivity index (χ1v) is 7.83. The summed E-state index contributed by atoms with van der Waals surface area (Å²) in [5.74, 6) is -1.41. The van der Waals surface area contributed by atoms with Crippen molar-refractivity contribution in [2.75, 3.05) is 14.2 Å². The van der Waals surface area contributed by atoms with Crippen LogP contribution in [0.4, 0.5) is 13.2 Å². The molecule has 8 heteroatoms. The van der Waals surface area contributed by atoms with Crippen LogP contribution in [0.5, 0.6) is 11.5 Å². The number of nitrogens with zero attached hydrogens (tertiary/aromatic N) is 1. The number of alkyl halides is 3. The highest BCUT2D eigenvalue weighted by molar-refractivity contribution is 6.27. The summed E-state index contributed by atoms with van der Waals surface area (Å²) in [6.07, 6.45) is -3.94. The minimum absolute atomic E-state index is 0.166. The van der Waals surface area contributed by atoms with Crippen LogP contribution < -0.4 is 9.47 Å². The van der Waals surface area contributed by atoms with Crippen molar-refractivity contribution in [3.63, 3.8) is 0 Å². The van der Waals surface area contributed by atoms with Crippen LogP contribution in [-0.4, -0.2) is 36.1 Å². The molecule has 0 atom stereocenters. The molecule has 3 aromatic rings. The molecule has 0 radical (unpaired) electrons. The fraction of sp³-hybridized carbons (Fsp3) is 0.158. The highest BCUT2D eigenvalue weighted by Crippen LogP contribution is 2.30. The highest BCUT2D eigenvalue weighted by Gasteiger charge is 2.42. The third kappa shape index (κ3) is 3.94. The summed E-state index contributed by atoms with van der Waals surface area (Å²) >= 11 is 0. The molecule has 1 aromatic heterocycles. The number of benzene rings is 2. The Balaban J connectivity index is 2.18. The lowest BCUT2D eigenvalue weighted by Gasteiger charge is -2.09.